The van der Waals surface area contributed by atoms with Crippen molar-refractivity contribution in [2.45, 2.75) is 31.1 Å². The molecule has 1 aliphatic rings. The summed E-state index contributed by atoms with van der Waals surface area (Å²) in [6, 6.07) is 9.47. The van der Waals surface area contributed by atoms with E-state index in [1.807, 2.05) is 30.3 Å². The zero-order valence-corrected chi connectivity index (χ0v) is 13.3. The Labute approximate surface area is 143 Å². The Morgan fingerprint density at radius 2 is 2.00 bits per heavy atom. The number of nitrogens with two attached hydrogens (primary N) is 1. The van der Waals surface area contributed by atoms with Crippen LogP contribution in [0.15, 0.2) is 36.7 Å². The van der Waals surface area contributed by atoms with Gasteiger partial charge in [0.15, 0.2) is 11.9 Å². The van der Waals surface area contributed by atoms with Gasteiger partial charge in [-0.3, -0.25) is 9.36 Å². The van der Waals surface area contributed by atoms with Crippen molar-refractivity contribution in [2.75, 3.05) is 11.9 Å². The summed E-state index contributed by atoms with van der Waals surface area (Å²) >= 11 is 0. The zero-order valence-electron chi connectivity index (χ0n) is 13.3. The molecule has 1 amide bonds. The van der Waals surface area contributed by atoms with E-state index in [2.05, 4.69) is 10.3 Å². The van der Waals surface area contributed by atoms with Gasteiger partial charge in [-0.05, 0) is 5.56 Å². The maximum Gasteiger partial charge on any atom is 0.271 e. The quantitative estimate of drug-likeness (QED) is 0.460. The summed E-state index contributed by atoms with van der Waals surface area (Å²) in [5.41, 5.74) is 6.32. The summed E-state index contributed by atoms with van der Waals surface area (Å²) in [7, 11) is 0. The van der Waals surface area contributed by atoms with Crippen LogP contribution in [0.1, 0.15) is 22.3 Å². The van der Waals surface area contributed by atoms with E-state index in [0.29, 0.717) is 6.54 Å². The molecule has 1 aromatic heterocycles. The van der Waals surface area contributed by atoms with Crippen LogP contribution in [0.3, 0.4) is 0 Å². The van der Waals surface area contributed by atoms with Gasteiger partial charge in [0.1, 0.15) is 24.1 Å². The number of benzene rings is 1. The van der Waals surface area contributed by atoms with Gasteiger partial charge in [0.25, 0.3) is 5.91 Å². The minimum atomic E-state index is -1.29. The monoisotopic (exact) mass is 348 g/mol. The highest BCUT2D eigenvalue weighted by atomic mass is 16.6. The number of hydrogen-bond donors (Lipinski definition) is 5. The average Bonchev–Trinajstić information content (AvgIpc) is 3.16. The van der Waals surface area contributed by atoms with Crippen LogP contribution >= 0.6 is 0 Å². The van der Waals surface area contributed by atoms with Crippen LogP contribution in [-0.2, 0) is 11.3 Å². The maximum absolute atomic E-state index is 11.6. The maximum atomic E-state index is 11.6. The van der Waals surface area contributed by atoms with Gasteiger partial charge in [0.05, 0.1) is 12.9 Å². The van der Waals surface area contributed by atoms with E-state index in [9.17, 15) is 20.1 Å². The highest BCUT2D eigenvalue weighted by Crippen LogP contribution is 2.32. The van der Waals surface area contributed by atoms with Crippen LogP contribution in [0.4, 0.5) is 5.82 Å². The molecule has 0 spiro atoms. The van der Waals surface area contributed by atoms with Gasteiger partial charge in [0.2, 0.25) is 0 Å². The van der Waals surface area contributed by atoms with Crippen molar-refractivity contribution >= 4 is 11.7 Å². The Morgan fingerprint density at radius 3 is 2.60 bits per heavy atom. The molecule has 0 unspecified atom stereocenters. The van der Waals surface area contributed by atoms with E-state index >= 15 is 0 Å². The lowest BCUT2D eigenvalue weighted by Crippen LogP contribution is -2.33. The molecule has 2 heterocycles. The fourth-order valence-corrected chi connectivity index (χ4v) is 2.80. The minimum Gasteiger partial charge on any atom is -0.394 e. The molecule has 25 heavy (non-hydrogen) atoms. The number of aliphatic hydroxyl groups excluding tert-OH is 3. The largest absolute Gasteiger partial charge is 0.394 e. The van der Waals surface area contributed by atoms with Crippen molar-refractivity contribution in [3.8, 4) is 0 Å². The summed E-state index contributed by atoms with van der Waals surface area (Å²) in [6.07, 6.45) is -3.18. The van der Waals surface area contributed by atoms with Crippen molar-refractivity contribution in [3.05, 3.63) is 47.9 Å². The third kappa shape index (κ3) is 3.35. The molecule has 1 fully saturated rings. The van der Waals surface area contributed by atoms with Crippen LogP contribution in [-0.4, -0.2) is 55.7 Å². The number of aliphatic hydroxyl groups is 3. The Balaban J connectivity index is 1.88. The van der Waals surface area contributed by atoms with Crippen LogP contribution in [0, 0.1) is 0 Å². The van der Waals surface area contributed by atoms with Gasteiger partial charge in [0, 0.05) is 6.54 Å². The van der Waals surface area contributed by atoms with Crippen molar-refractivity contribution in [1.82, 2.24) is 9.55 Å². The van der Waals surface area contributed by atoms with Crippen LogP contribution in [0.2, 0.25) is 0 Å². The first-order valence-electron chi connectivity index (χ1n) is 7.79. The first-order chi connectivity index (χ1) is 12.0. The topological polar surface area (TPSA) is 143 Å². The molecule has 2 aromatic rings. The molecule has 1 saturated heterocycles. The molecule has 1 aliphatic heterocycles. The highest BCUT2D eigenvalue weighted by Gasteiger charge is 2.44. The van der Waals surface area contributed by atoms with Gasteiger partial charge in [-0.1, -0.05) is 30.3 Å². The number of nitrogens with zero attached hydrogens (tertiary/aromatic N) is 2. The normalized spacial score (nSPS) is 25.9. The predicted octanol–water partition coefficient (Wildman–Crippen LogP) is -0.794. The van der Waals surface area contributed by atoms with E-state index in [0.717, 1.165) is 5.56 Å². The SMILES string of the molecule is NC(=O)c1ncn([C@@H]2O[C@H](CO)[C@@H](O)[C@H]2O)c1NCc1ccccc1. The third-order valence-corrected chi connectivity index (χ3v) is 4.12. The molecule has 0 saturated carbocycles. The van der Waals surface area contributed by atoms with E-state index in [1.54, 1.807) is 0 Å². The molecule has 1 aromatic carbocycles. The molecular weight excluding hydrogens is 328 g/mol. The number of carbonyl (C=O) groups is 1. The molecule has 9 nitrogen and oxygen atoms in total. The summed E-state index contributed by atoms with van der Waals surface area (Å²) in [6.45, 7) is -0.0551. The fraction of sp³-hybridized carbons (Fsp3) is 0.375. The Morgan fingerprint density at radius 1 is 1.28 bits per heavy atom. The third-order valence-electron chi connectivity index (χ3n) is 4.12. The van der Waals surface area contributed by atoms with E-state index in [4.69, 9.17) is 10.5 Å². The second kappa shape index (κ2) is 7.19. The number of hydrogen-bond acceptors (Lipinski definition) is 7. The fourth-order valence-electron chi connectivity index (χ4n) is 2.80. The Kier molecular flexibility index (Phi) is 5.00. The van der Waals surface area contributed by atoms with Crippen molar-refractivity contribution < 1.29 is 24.9 Å². The summed E-state index contributed by atoms with van der Waals surface area (Å²) in [4.78, 5) is 15.6. The number of rotatable bonds is 6. The number of imidazole rings is 1. The molecule has 9 heteroatoms. The molecule has 0 radical (unpaired) electrons. The average molecular weight is 348 g/mol. The molecule has 6 N–H and O–H groups in total. The van der Waals surface area contributed by atoms with E-state index in [-0.39, 0.29) is 11.5 Å². The van der Waals surface area contributed by atoms with Gasteiger partial charge >= 0.3 is 0 Å². The number of nitrogens with one attached hydrogen (secondary N) is 1. The summed E-state index contributed by atoms with van der Waals surface area (Å²) < 4.78 is 6.88. The summed E-state index contributed by atoms with van der Waals surface area (Å²) in [5, 5.41) is 32.4. The molecular formula is C16H20N4O5. The number of ether oxygens (including phenoxy) is 1. The van der Waals surface area contributed by atoms with Gasteiger partial charge in [-0.15, -0.1) is 0 Å². The number of carbonyl (C=O) groups excluding carboxylic acids is 1. The summed E-state index contributed by atoms with van der Waals surface area (Å²) in [5.74, 6) is -0.466. The Bertz CT molecular complexity index is 735. The smallest absolute Gasteiger partial charge is 0.271 e. The lowest BCUT2D eigenvalue weighted by molar-refractivity contribution is -0.0518. The molecule has 0 bridgehead atoms. The second-order valence-corrected chi connectivity index (χ2v) is 5.78. The highest BCUT2D eigenvalue weighted by molar-refractivity contribution is 5.95. The van der Waals surface area contributed by atoms with Crippen LogP contribution in [0.5, 0.6) is 0 Å². The van der Waals surface area contributed by atoms with Crippen LogP contribution in [0.25, 0.3) is 0 Å². The van der Waals surface area contributed by atoms with Gasteiger partial charge in [-0.2, -0.15) is 0 Å². The van der Waals surface area contributed by atoms with Crippen molar-refractivity contribution in [1.29, 1.82) is 0 Å². The van der Waals surface area contributed by atoms with Gasteiger partial charge in [-0.25, -0.2) is 4.98 Å². The standard InChI is InChI=1S/C16H20N4O5/c17-14(24)11-15(18-6-9-4-2-1-3-5-9)20(8-19-11)16-13(23)12(22)10(7-21)25-16/h1-5,8,10,12-13,16,18,21-23H,6-7H2,(H2,17,24)/t10-,12-,13-,16-/m1/s1. The molecule has 3 rings (SSSR count). The molecule has 4 atom stereocenters. The Hall–Kier alpha value is -2.46. The zero-order chi connectivity index (χ0) is 18.0. The van der Waals surface area contributed by atoms with Crippen molar-refractivity contribution in [2.24, 2.45) is 5.73 Å². The molecule has 134 valence electrons. The van der Waals surface area contributed by atoms with Crippen molar-refractivity contribution in [3.63, 3.8) is 0 Å². The van der Waals surface area contributed by atoms with E-state index < -0.39 is 37.1 Å². The lowest BCUT2D eigenvalue weighted by Gasteiger charge is -2.20. The second-order valence-electron chi connectivity index (χ2n) is 5.78. The number of aromatic nitrogens is 2. The first-order valence-corrected chi connectivity index (χ1v) is 7.79. The number of anilines is 1. The molecule has 0 aliphatic carbocycles. The number of primary amides is 1. The van der Waals surface area contributed by atoms with Gasteiger partial charge < -0.3 is 31.1 Å². The number of amides is 1. The van der Waals surface area contributed by atoms with Crippen LogP contribution < -0.4 is 11.1 Å². The first kappa shape index (κ1) is 17.4. The van der Waals surface area contributed by atoms with E-state index in [1.165, 1.54) is 10.9 Å². The predicted molar refractivity (Wildman–Crippen MR) is 87.5 cm³/mol. The lowest BCUT2D eigenvalue weighted by atomic mass is 10.1. The minimum absolute atomic E-state index is 0.00586.